The summed E-state index contributed by atoms with van der Waals surface area (Å²) in [7, 11) is 19.5. The second-order valence-corrected chi connectivity index (χ2v) is 31.2. The van der Waals surface area contributed by atoms with Crippen LogP contribution in [0.3, 0.4) is 0 Å². The lowest BCUT2D eigenvalue weighted by atomic mass is 9.70. The van der Waals surface area contributed by atoms with Crippen molar-refractivity contribution in [3.05, 3.63) is 231 Å². The number of esters is 10. The molecule has 7 N–H and O–H groups in total. The highest BCUT2D eigenvalue weighted by Gasteiger charge is 2.53. The maximum absolute atomic E-state index is 12.3. The van der Waals surface area contributed by atoms with Gasteiger partial charge in [-0.05, 0) is 147 Å². The number of hydrogen-bond donors (Lipinski definition) is 5. The molecule has 2 aromatic carbocycles. The van der Waals surface area contributed by atoms with E-state index in [2.05, 4.69) is 118 Å². The molecule has 1 saturated carbocycles. The number of nitrogens with two attached hydrogens (primary N) is 2. The van der Waals surface area contributed by atoms with Crippen LogP contribution in [0, 0.1) is 48.1 Å². The first-order valence-corrected chi connectivity index (χ1v) is 42.1. The number of aryl methyl sites for hydroxylation is 6. The smallest absolute Gasteiger partial charge is 0.481 e. The summed E-state index contributed by atoms with van der Waals surface area (Å²) in [5.41, 5.74) is 17.6. The summed E-state index contributed by atoms with van der Waals surface area (Å²) < 4.78 is 67.0. The number of carboxylic acids is 1. The molecule has 0 bridgehead atoms. The average molecular weight is 1970 g/mol. The SMILES string of the molecule is C.C.CC1(C)OB(C2=CCC(C(=O)OCc3ccccc3)CC2)OC1(C)C.COC(=O)c1cc(C2=CCC(C(=O)OCc3ccccc3)CC2)n(C)n1.COC(=O)c1cc(C2CCC(C(=O)O)CC2)n(C)n1.COC(=O)c1cc(N)n(C)n1.COC(=O)c1cc(N)nn1C.COC(=O)c1cc([N+](=O)[O-])[nH]n1.COC(=O)c1cc([N+](=O)[O-])n(C)n1.COC(=O)c1cc([N+](=O)[O-])nn1C.COC(=O)c1ccn[nH]1. The van der Waals surface area contributed by atoms with E-state index in [0.717, 1.165) is 99.6 Å². The van der Waals surface area contributed by atoms with E-state index in [1.54, 1.807) is 55.8 Å². The second kappa shape index (κ2) is 55.7. The Kier molecular flexibility index (Phi) is 46.2. The molecule has 1 saturated heterocycles. The molecule has 51 nitrogen and oxygen atoms in total. The van der Waals surface area contributed by atoms with Crippen molar-refractivity contribution in [3.8, 4) is 0 Å². The fourth-order valence-electron chi connectivity index (χ4n) is 13.2. The van der Waals surface area contributed by atoms with Crippen LogP contribution in [-0.4, -0.2) is 240 Å². The van der Waals surface area contributed by atoms with Gasteiger partial charge in [0, 0.05) is 58.1 Å². The van der Waals surface area contributed by atoms with Crippen molar-refractivity contribution in [3.63, 3.8) is 0 Å². The van der Waals surface area contributed by atoms with Crippen molar-refractivity contribution in [2.24, 2.45) is 60.0 Å². The van der Waals surface area contributed by atoms with Crippen molar-refractivity contribution in [1.29, 1.82) is 0 Å². The molecular formula is C89H118BN21O30. The summed E-state index contributed by atoms with van der Waals surface area (Å²) in [6, 6.07) is 30.5. The second-order valence-electron chi connectivity index (χ2n) is 31.2. The molecule has 2 atom stereocenters. The minimum atomic E-state index is -0.710. The standard InChI is InChI=1S/C20H27BO4.C20H22N2O4.C13H18N2O4.2C6H7N3O4.2C6H9N3O2.C5H5N3O4.C5H6N2O2.2CH4/c1-19(2)20(3,4)25-21(24-19)17-12-10-16(11-13-17)18(22)23-14-15-8-6-5-7-9-15;1-22-18(12-17(21-22)20(24)25-2)15-8-10-16(11-9-15)19(23)26-13-14-6-4-3-5-7-14;1-15-11(7-10(14-15)13(18)19-2)8-3-5-9(6-4-8)12(16)17;1-8-4(6(10)13-2)3-5(7-8)9(11)12;1-8-5(9(11)12)3-4(7-8)6(10)13-2;1-9-4(6(10)11-2)3-5(7)8-9;1-9-5(7)3-4(8-9)6(10)11-2;1-12-5(9)3-2-4(7-6-3)8(10)11;1-9-5(8)4-2-3-6-7-4;;/h5-9,12,16H,10-11,13-14H2,1-4H3;3-8,12,16H,9-11,13H2,1-2H3;7-9H,3-6H2,1-2H3,(H,16,17);2*3H,1-2H3;3H,1-2H3,(H2,7,8);3H,7H2,1-2H3;2H,1H3,(H,6,7);2-3H,1H3,(H,6,7);2*1H4. The highest BCUT2D eigenvalue weighted by Crippen LogP contribution is 2.42. The maximum Gasteiger partial charge on any atom is 0.490 e. The van der Waals surface area contributed by atoms with Crippen LogP contribution in [0.25, 0.3) is 5.57 Å². The van der Waals surface area contributed by atoms with Gasteiger partial charge in [-0.25, -0.2) is 38.4 Å². The van der Waals surface area contributed by atoms with E-state index in [-0.39, 0.29) is 115 Å². The molecule has 9 heterocycles. The number of anilines is 2. The number of aliphatic carboxylic acids is 1. The molecule has 0 spiro atoms. The van der Waals surface area contributed by atoms with Crippen molar-refractivity contribution in [2.75, 3.05) is 68.3 Å². The van der Waals surface area contributed by atoms with E-state index < -0.39 is 68.5 Å². The Morgan fingerprint density at radius 1 is 0.468 bits per heavy atom. The maximum atomic E-state index is 12.3. The van der Waals surface area contributed by atoms with Gasteiger partial charge in [0.25, 0.3) is 0 Å². The number of aromatic amines is 2. The van der Waals surface area contributed by atoms with Gasteiger partial charge in [0.15, 0.2) is 34.2 Å². The quantitative estimate of drug-likeness (QED) is 0.0147. The number of H-pyrrole nitrogens is 2. The van der Waals surface area contributed by atoms with Crippen molar-refractivity contribution < 1.29 is 129 Å². The van der Waals surface area contributed by atoms with Crippen LogP contribution in [0.5, 0.6) is 0 Å². The molecule has 4 aliphatic rings. The van der Waals surface area contributed by atoms with E-state index in [4.69, 9.17) is 40.1 Å². The molecule has 10 aromatic rings. The molecule has 0 radical (unpaired) electrons. The fraction of sp³-hybridized carbons (Fsp3) is 0.427. The molecule has 2 unspecified atom stereocenters. The molecule has 14 rings (SSSR count). The lowest BCUT2D eigenvalue weighted by Crippen LogP contribution is -2.41. The zero-order valence-corrected chi connectivity index (χ0v) is 79.5. The number of nitrogen functional groups attached to an aromatic ring is 2. The van der Waals surface area contributed by atoms with Gasteiger partial charge in [0.2, 0.25) is 0 Å². The van der Waals surface area contributed by atoms with Gasteiger partial charge in [0.05, 0.1) is 122 Å². The highest BCUT2D eigenvalue weighted by molar-refractivity contribution is 6.54. The van der Waals surface area contributed by atoms with Crippen LogP contribution in [0.4, 0.5) is 29.1 Å². The number of allylic oxidation sites excluding steroid dienone is 4. The van der Waals surface area contributed by atoms with Gasteiger partial charge in [-0.3, -0.25) is 38.2 Å². The Balaban J connectivity index is 0.000000338. The Hall–Kier alpha value is -16.4. The largest absolute Gasteiger partial charge is 0.490 e. The Morgan fingerprint density at radius 2 is 0.915 bits per heavy atom. The lowest BCUT2D eigenvalue weighted by molar-refractivity contribution is -0.392. The number of carbonyl (C=O) groups is 11. The van der Waals surface area contributed by atoms with E-state index in [0.29, 0.717) is 67.6 Å². The number of nitrogens with one attached hydrogen (secondary N) is 2. The van der Waals surface area contributed by atoms with Crippen LogP contribution in [0.2, 0.25) is 0 Å². The van der Waals surface area contributed by atoms with Gasteiger partial charge in [-0.1, -0.05) is 97.9 Å². The van der Waals surface area contributed by atoms with Gasteiger partial charge in [-0.15, -0.1) is 9.78 Å². The summed E-state index contributed by atoms with van der Waals surface area (Å²) in [4.78, 5) is 152. The van der Waals surface area contributed by atoms with Crippen LogP contribution in [0.1, 0.15) is 219 Å². The van der Waals surface area contributed by atoms with Crippen molar-refractivity contribution in [2.45, 2.75) is 137 Å². The molecular weight excluding hydrogens is 1850 g/mol. The third-order valence-corrected chi connectivity index (χ3v) is 21.5. The molecule has 3 aliphatic carbocycles. The zero-order valence-electron chi connectivity index (χ0n) is 79.5. The number of carboxylic acid groups (broad SMARTS) is 1. The molecule has 0 amide bonds. The molecule has 8 aromatic heterocycles. The summed E-state index contributed by atoms with van der Waals surface area (Å²) >= 11 is 0. The molecule has 141 heavy (non-hydrogen) atoms. The van der Waals surface area contributed by atoms with E-state index >= 15 is 0 Å². The number of benzene rings is 2. The normalized spacial score (nSPS) is 15.2. The summed E-state index contributed by atoms with van der Waals surface area (Å²) in [5, 5.41) is 74.1. The minimum Gasteiger partial charge on any atom is -0.481 e. The summed E-state index contributed by atoms with van der Waals surface area (Å²) in [5.74, 6) is -5.62. The zero-order chi connectivity index (χ0) is 103. The van der Waals surface area contributed by atoms with Crippen molar-refractivity contribution in [1.82, 2.24) is 79.1 Å². The van der Waals surface area contributed by atoms with Crippen LogP contribution >= 0.6 is 0 Å². The average Bonchev–Trinajstić information content (AvgIpc) is 1.62. The fourth-order valence-corrected chi connectivity index (χ4v) is 13.2. The first-order valence-electron chi connectivity index (χ1n) is 42.1. The first-order chi connectivity index (χ1) is 65.8. The van der Waals surface area contributed by atoms with E-state index in [1.165, 1.54) is 98.7 Å². The third kappa shape index (κ3) is 34.3. The number of nitro groups is 3. The number of hydrogen-bond acceptors (Lipinski definition) is 39. The number of ether oxygens (including phenoxy) is 10. The Bertz CT molecular complexity index is 5920. The van der Waals surface area contributed by atoms with Gasteiger partial charge < -0.3 is 104 Å². The van der Waals surface area contributed by atoms with Crippen LogP contribution in [0.15, 0.2) is 133 Å². The van der Waals surface area contributed by atoms with Gasteiger partial charge in [0.1, 0.15) is 43.3 Å². The van der Waals surface area contributed by atoms with Gasteiger partial charge >= 0.3 is 90.2 Å². The van der Waals surface area contributed by atoms with E-state index in [1.807, 2.05) is 66.7 Å². The van der Waals surface area contributed by atoms with E-state index in [9.17, 15) is 83.1 Å². The van der Waals surface area contributed by atoms with Crippen LogP contribution in [-0.2, 0) is 127 Å². The monoisotopic (exact) mass is 1970 g/mol. The highest BCUT2D eigenvalue weighted by atomic mass is 16.7. The third-order valence-electron chi connectivity index (χ3n) is 21.5. The van der Waals surface area contributed by atoms with Crippen molar-refractivity contribution >= 4 is 107 Å². The Morgan fingerprint density at radius 3 is 1.31 bits per heavy atom. The first kappa shape index (κ1) is 117. The van der Waals surface area contributed by atoms with Crippen LogP contribution < -0.4 is 11.5 Å². The number of nitrogens with zero attached hydrogens (tertiary/aromatic N) is 17. The minimum absolute atomic E-state index is 0. The summed E-state index contributed by atoms with van der Waals surface area (Å²) in [6.45, 7) is 8.86. The topological polar surface area (TPSA) is 664 Å². The predicted octanol–water partition coefficient (Wildman–Crippen LogP) is 10.2. The molecule has 1 aliphatic heterocycles. The number of rotatable bonds is 21. The number of methoxy groups -OCH3 is 8. The number of carbonyl (C=O) groups excluding carboxylic acids is 10. The molecule has 2 fully saturated rings. The Labute approximate surface area is 809 Å². The number of aromatic nitrogens is 16. The summed E-state index contributed by atoms with van der Waals surface area (Å²) in [6.07, 6.45) is 13.0. The molecule has 762 valence electrons. The molecule has 52 heteroatoms. The predicted molar refractivity (Wildman–Crippen MR) is 501 cm³/mol. The lowest BCUT2D eigenvalue weighted by Gasteiger charge is -2.32. The van der Waals surface area contributed by atoms with Gasteiger partial charge in [-0.2, -0.15) is 30.2 Å².